The van der Waals surface area contributed by atoms with Gasteiger partial charge in [0.2, 0.25) is 5.91 Å². The van der Waals surface area contributed by atoms with Gasteiger partial charge >= 0.3 is 0 Å². The van der Waals surface area contributed by atoms with E-state index in [1.165, 1.54) is 13.0 Å². The van der Waals surface area contributed by atoms with Gasteiger partial charge in [0.1, 0.15) is 11.9 Å². The van der Waals surface area contributed by atoms with Gasteiger partial charge in [-0.05, 0) is 31.9 Å². The molecule has 1 saturated heterocycles. The number of carbonyl (C=O) groups is 1. The van der Waals surface area contributed by atoms with Gasteiger partial charge in [0.15, 0.2) is 0 Å². The third kappa shape index (κ3) is 2.18. The van der Waals surface area contributed by atoms with Gasteiger partial charge < -0.3 is 15.7 Å². The van der Waals surface area contributed by atoms with Crippen molar-refractivity contribution in [3.8, 4) is 0 Å². The maximum atomic E-state index is 13.8. The summed E-state index contributed by atoms with van der Waals surface area (Å²) in [6.07, 6.45) is 0.587. The van der Waals surface area contributed by atoms with Crippen molar-refractivity contribution < 1.29 is 14.3 Å². The molecule has 3 N–H and O–H groups in total. The van der Waals surface area contributed by atoms with Crippen LogP contribution < -0.4 is 10.6 Å². The molecule has 1 aromatic rings. The van der Waals surface area contributed by atoms with E-state index < -0.39 is 23.9 Å². The third-order valence-corrected chi connectivity index (χ3v) is 3.34. The molecule has 1 fully saturated rings. The average Bonchev–Trinajstić information content (AvgIpc) is 2.76. The zero-order valence-electron chi connectivity index (χ0n) is 10.3. The lowest BCUT2D eigenvalue weighted by Crippen LogP contribution is -2.41. The van der Waals surface area contributed by atoms with E-state index in [-0.39, 0.29) is 5.56 Å². The number of benzene rings is 1. The van der Waals surface area contributed by atoms with Crippen LogP contribution in [0.5, 0.6) is 0 Å². The molecule has 0 aromatic heterocycles. The number of carbonyl (C=O) groups excluding carboxylic acids is 1. The molecule has 1 aromatic carbocycles. The van der Waals surface area contributed by atoms with E-state index in [1.807, 2.05) is 0 Å². The lowest BCUT2D eigenvalue weighted by Gasteiger charge is -2.27. The second-order valence-corrected chi connectivity index (χ2v) is 4.60. The van der Waals surface area contributed by atoms with Crippen LogP contribution in [0.2, 0.25) is 0 Å². The second kappa shape index (κ2) is 4.94. The first-order valence-electron chi connectivity index (χ1n) is 6.04. The third-order valence-electron chi connectivity index (χ3n) is 3.34. The molecule has 0 spiro atoms. The Morgan fingerprint density at radius 1 is 1.61 bits per heavy atom. The lowest BCUT2D eigenvalue weighted by atomic mass is 10.1. The number of primary amides is 1. The highest BCUT2D eigenvalue weighted by atomic mass is 19.1. The molecule has 1 heterocycles. The molecule has 2 unspecified atom stereocenters. The Morgan fingerprint density at radius 3 is 2.94 bits per heavy atom. The summed E-state index contributed by atoms with van der Waals surface area (Å²) >= 11 is 0. The average molecular weight is 252 g/mol. The van der Waals surface area contributed by atoms with Gasteiger partial charge in [0, 0.05) is 17.8 Å². The van der Waals surface area contributed by atoms with Gasteiger partial charge in [-0.1, -0.05) is 6.07 Å². The standard InChI is InChI=1S/C13H17FN2O2/c1-8(17)12-9(14)4-2-5-10(12)16-7-3-6-11(16)13(15)18/h2,4-5,8,11,17H,3,6-7H2,1H3,(H2,15,18). The molecule has 18 heavy (non-hydrogen) atoms. The number of aliphatic hydroxyl groups excluding tert-OH is 1. The van der Waals surface area contributed by atoms with E-state index in [1.54, 1.807) is 17.0 Å². The molecule has 2 atom stereocenters. The fraction of sp³-hybridized carbons (Fsp3) is 0.462. The summed E-state index contributed by atoms with van der Waals surface area (Å²) in [6.45, 7) is 2.16. The van der Waals surface area contributed by atoms with E-state index in [0.717, 1.165) is 6.42 Å². The number of amides is 1. The molecular weight excluding hydrogens is 235 g/mol. The van der Waals surface area contributed by atoms with Crippen LogP contribution in [0.1, 0.15) is 31.4 Å². The molecular formula is C13H17FN2O2. The van der Waals surface area contributed by atoms with E-state index in [0.29, 0.717) is 18.7 Å². The molecule has 1 aliphatic heterocycles. The number of anilines is 1. The Hall–Kier alpha value is -1.62. The number of hydrogen-bond acceptors (Lipinski definition) is 3. The van der Waals surface area contributed by atoms with Crippen molar-refractivity contribution >= 4 is 11.6 Å². The number of nitrogens with zero attached hydrogens (tertiary/aromatic N) is 1. The summed E-state index contributed by atoms with van der Waals surface area (Å²) in [7, 11) is 0. The topological polar surface area (TPSA) is 66.6 Å². The zero-order valence-corrected chi connectivity index (χ0v) is 10.3. The van der Waals surface area contributed by atoms with Crippen LogP contribution in [-0.2, 0) is 4.79 Å². The van der Waals surface area contributed by atoms with E-state index >= 15 is 0 Å². The van der Waals surface area contributed by atoms with Crippen molar-refractivity contribution in [3.63, 3.8) is 0 Å². The smallest absolute Gasteiger partial charge is 0.240 e. The first-order chi connectivity index (χ1) is 8.52. The number of nitrogens with two attached hydrogens (primary N) is 1. The Balaban J connectivity index is 2.44. The van der Waals surface area contributed by atoms with Crippen LogP contribution in [0.3, 0.4) is 0 Å². The summed E-state index contributed by atoms with van der Waals surface area (Å²) in [5, 5.41) is 9.69. The first-order valence-corrected chi connectivity index (χ1v) is 6.04. The maximum Gasteiger partial charge on any atom is 0.240 e. The Labute approximate surface area is 105 Å². The molecule has 1 aliphatic rings. The van der Waals surface area contributed by atoms with Gasteiger partial charge in [-0.15, -0.1) is 0 Å². The molecule has 0 bridgehead atoms. The monoisotopic (exact) mass is 252 g/mol. The van der Waals surface area contributed by atoms with Gasteiger partial charge in [0.25, 0.3) is 0 Å². The highest BCUT2D eigenvalue weighted by molar-refractivity contribution is 5.84. The van der Waals surface area contributed by atoms with E-state index in [2.05, 4.69) is 0 Å². The van der Waals surface area contributed by atoms with Crippen molar-refractivity contribution in [2.24, 2.45) is 5.73 Å². The molecule has 2 rings (SSSR count). The molecule has 0 radical (unpaired) electrons. The fourth-order valence-corrected chi connectivity index (χ4v) is 2.54. The number of aliphatic hydroxyl groups is 1. The molecule has 1 amide bonds. The number of halogens is 1. The highest BCUT2D eigenvalue weighted by Crippen LogP contribution is 2.33. The minimum Gasteiger partial charge on any atom is -0.389 e. The zero-order chi connectivity index (χ0) is 13.3. The van der Waals surface area contributed by atoms with Crippen molar-refractivity contribution in [1.82, 2.24) is 0 Å². The van der Waals surface area contributed by atoms with Crippen molar-refractivity contribution in [2.75, 3.05) is 11.4 Å². The van der Waals surface area contributed by atoms with Crippen molar-refractivity contribution in [3.05, 3.63) is 29.6 Å². The van der Waals surface area contributed by atoms with Crippen molar-refractivity contribution in [1.29, 1.82) is 0 Å². The van der Waals surface area contributed by atoms with Gasteiger partial charge in [-0.25, -0.2) is 4.39 Å². The second-order valence-electron chi connectivity index (χ2n) is 4.60. The normalized spacial score (nSPS) is 21.1. The lowest BCUT2D eigenvalue weighted by molar-refractivity contribution is -0.119. The van der Waals surface area contributed by atoms with E-state index in [4.69, 9.17) is 5.73 Å². The Morgan fingerprint density at radius 2 is 2.33 bits per heavy atom. The maximum absolute atomic E-state index is 13.8. The summed E-state index contributed by atoms with van der Waals surface area (Å²) in [4.78, 5) is 13.2. The first kappa shape index (κ1) is 12.8. The summed E-state index contributed by atoms with van der Waals surface area (Å²) in [5.41, 5.74) is 6.14. The van der Waals surface area contributed by atoms with Crippen LogP contribution in [0.25, 0.3) is 0 Å². The van der Waals surface area contributed by atoms with Gasteiger partial charge in [-0.3, -0.25) is 4.79 Å². The van der Waals surface area contributed by atoms with E-state index in [9.17, 15) is 14.3 Å². The van der Waals surface area contributed by atoms with Gasteiger partial charge in [0.05, 0.1) is 6.10 Å². The molecule has 5 heteroatoms. The largest absolute Gasteiger partial charge is 0.389 e. The number of rotatable bonds is 3. The summed E-state index contributed by atoms with van der Waals surface area (Å²) < 4.78 is 13.8. The SMILES string of the molecule is CC(O)c1c(F)cccc1N1CCCC1C(N)=O. The molecule has 0 saturated carbocycles. The van der Waals surface area contributed by atoms with Crippen LogP contribution in [0.4, 0.5) is 10.1 Å². The van der Waals surface area contributed by atoms with Crippen LogP contribution in [0.15, 0.2) is 18.2 Å². The predicted molar refractivity (Wildman–Crippen MR) is 66.6 cm³/mol. The molecule has 0 aliphatic carbocycles. The number of hydrogen-bond donors (Lipinski definition) is 2. The Kier molecular flexibility index (Phi) is 3.52. The quantitative estimate of drug-likeness (QED) is 0.853. The molecule has 98 valence electrons. The van der Waals surface area contributed by atoms with Crippen molar-refractivity contribution in [2.45, 2.75) is 31.9 Å². The predicted octanol–water partition coefficient (Wildman–Crippen LogP) is 1.33. The van der Waals surface area contributed by atoms with Crippen LogP contribution >= 0.6 is 0 Å². The summed E-state index contributed by atoms with van der Waals surface area (Å²) in [5.74, 6) is -0.870. The van der Waals surface area contributed by atoms with Crippen LogP contribution in [-0.4, -0.2) is 23.6 Å². The van der Waals surface area contributed by atoms with Gasteiger partial charge in [-0.2, -0.15) is 0 Å². The molecule has 4 nitrogen and oxygen atoms in total. The Bertz CT molecular complexity index is 462. The fourth-order valence-electron chi connectivity index (χ4n) is 2.54. The minimum absolute atomic E-state index is 0.227. The van der Waals surface area contributed by atoms with Crippen LogP contribution in [0, 0.1) is 5.82 Å². The summed E-state index contributed by atoms with van der Waals surface area (Å²) in [6, 6.07) is 4.18. The minimum atomic E-state index is -0.921. The highest BCUT2D eigenvalue weighted by Gasteiger charge is 2.31.